The highest BCUT2D eigenvalue weighted by atomic mass is 32.2. The maximum absolute atomic E-state index is 13.1. The van der Waals surface area contributed by atoms with Gasteiger partial charge in [0.1, 0.15) is 5.75 Å². The SMILES string of the molecule is Cc1ccc(NNC(=O)N2c3ccccc3OC2CN2CCN(S(=O)(=O)C(C)C)CC2)cn1. The predicted molar refractivity (Wildman–Crippen MR) is 127 cm³/mol. The standard InChI is InChI=1S/C22H30N6O4S/c1-16(2)33(30,31)27-12-10-26(11-13-27)15-21-28(19-6-4-5-7-20(19)32-21)22(29)25-24-18-9-8-17(3)23-14-18/h4-9,14,16,21,24H,10-13,15H2,1-3H3,(H,25,29). The minimum Gasteiger partial charge on any atom is -0.466 e. The van der Waals surface area contributed by atoms with Crippen molar-refractivity contribution in [3.8, 4) is 5.75 Å². The molecule has 2 N–H and O–H groups in total. The molecular weight excluding hydrogens is 444 g/mol. The van der Waals surface area contributed by atoms with Gasteiger partial charge in [-0.25, -0.2) is 13.2 Å². The van der Waals surface area contributed by atoms with Crippen molar-refractivity contribution in [1.82, 2.24) is 19.6 Å². The summed E-state index contributed by atoms with van der Waals surface area (Å²) in [6.45, 7) is 7.75. The third-order valence-corrected chi connectivity index (χ3v) is 8.10. The van der Waals surface area contributed by atoms with Gasteiger partial charge in [-0.3, -0.25) is 25.6 Å². The van der Waals surface area contributed by atoms with Gasteiger partial charge >= 0.3 is 6.03 Å². The number of hydrogen-bond acceptors (Lipinski definition) is 7. The molecule has 1 fully saturated rings. The van der Waals surface area contributed by atoms with E-state index in [2.05, 4.69) is 20.7 Å². The molecule has 11 heteroatoms. The first kappa shape index (κ1) is 23.3. The number of urea groups is 1. The number of nitrogens with zero attached hydrogens (tertiary/aromatic N) is 4. The number of aryl methyl sites for hydroxylation is 1. The number of pyridine rings is 1. The summed E-state index contributed by atoms with van der Waals surface area (Å²) >= 11 is 0. The van der Waals surface area contributed by atoms with Crippen LogP contribution in [0.1, 0.15) is 19.5 Å². The van der Waals surface area contributed by atoms with Crippen LogP contribution >= 0.6 is 0 Å². The zero-order valence-corrected chi connectivity index (χ0v) is 19.9. The average Bonchev–Trinajstić information content (AvgIpc) is 3.16. The second kappa shape index (κ2) is 9.54. The lowest BCUT2D eigenvalue weighted by atomic mass is 10.3. The molecular formula is C22H30N6O4S. The van der Waals surface area contributed by atoms with Gasteiger partial charge in [-0.2, -0.15) is 4.31 Å². The number of amides is 2. The van der Waals surface area contributed by atoms with E-state index in [1.807, 2.05) is 43.3 Å². The van der Waals surface area contributed by atoms with Crippen LogP contribution in [-0.4, -0.2) is 72.8 Å². The van der Waals surface area contributed by atoms with Gasteiger partial charge in [0, 0.05) is 31.9 Å². The third kappa shape index (κ3) is 5.05. The fraction of sp³-hybridized carbons (Fsp3) is 0.455. The van der Waals surface area contributed by atoms with Crippen LogP contribution in [0.2, 0.25) is 0 Å². The van der Waals surface area contributed by atoms with Crippen molar-refractivity contribution in [3.63, 3.8) is 0 Å². The Bertz CT molecular complexity index is 1080. The van der Waals surface area contributed by atoms with Crippen LogP contribution in [0.3, 0.4) is 0 Å². The second-order valence-electron chi connectivity index (χ2n) is 8.45. The molecule has 0 bridgehead atoms. The Labute approximate surface area is 194 Å². The summed E-state index contributed by atoms with van der Waals surface area (Å²) in [6, 6.07) is 10.7. The van der Waals surface area contributed by atoms with Gasteiger partial charge in [-0.1, -0.05) is 12.1 Å². The lowest BCUT2D eigenvalue weighted by Crippen LogP contribution is -2.56. The molecule has 2 aromatic rings. The fourth-order valence-electron chi connectivity index (χ4n) is 3.88. The van der Waals surface area contributed by atoms with E-state index in [1.54, 1.807) is 29.2 Å². The summed E-state index contributed by atoms with van der Waals surface area (Å²) in [4.78, 5) is 21.0. The number of piperazine rings is 1. The molecule has 4 rings (SSSR count). The molecule has 33 heavy (non-hydrogen) atoms. The number of hydrazine groups is 1. The normalized spacial score (nSPS) is 19.3. The number of hydrogen-bond donors (Lipinski definition) is 2. The lowest BCUT2D eigenvalue weighted by Gasteiger charge is -2.36. The molecule has 1 unspecified atom stereocenters. The highest BCUT2D eigenvalue weighted by Gasteiger charge is 2.38. The summed E-state index contributed by atoms with van der Waals surface area (Å²) in [5, 5.41) is -0.438. The second-order valence-corrected chi connectivity index (χ2v) is 10.9. The van der Waals surface area contributed by atoms with Gasteiger partial charge in [0.2, 0.25) is 10.0 Å². The third-order valence-electron chi connectivity index (χ3n) is 5.82. The maximum atomic E-state index is 13.1. The first-order valence-electron chi connectivity index (χ1n) is 11.0. The van der Waals surface area contributed by atoms with E-state index < -0.39 is 21.5 Å². The van der Waals surface area contributed by atoms with Crippen LogP contribution in [0.25, 0.3) is 0 Å². The first-order valence-corrected chi connectivity index (χ1v) is 12.5. The Morgan fingerprint density at radius 3 is 2.55 bits per heavy atom. The highest BCUT2D eigenvalue weighted by molar-refractivity contribution is 7.89. The minimum atomic E-state index is -3.27. The number of benzene rings is 1. The Morgan fingerprint density at radius 2 is 1.88 bits per heavy atom. The van der Waals surface area contributed by atoms with E-state index in [-0.39, 0.29) is 6.03 Å². The van der Waals surface area contributed by atoms with E-state index in [4.69, 9.17) is 4.74 Å². The molecule has 178 valence electrons. The van der Waals surface area contributed by atoms with Crippen LogP contribution in [0.5, 0.6) is 5.75 Å². The van der Waals surface area contributed by atoms with E-state index in [1.165, 1.54) is 0 Å². The Balaban J connectivity index is 1.42. The Morgan fingerprint density at radius 1 is 1.15 bits per heavy atom. The number of sulfonamides is 1. The molecule has 0 spiro atoms. The predicted octanol–water partition coefficient (Wildman–Crippen LogP) is 2.01. The van der Waals surface area contributed by atoms with E-state index in [9.17, 15) is 13.2 Å². The zero-order valence-electron chi connectivity index (χ0n) is 19.1. The van der Waals surface area contributed by atoms with Crippen molar-refractivity contribution < 1.29 is 17.9 Å². The molecule has 10 nitrogen and oxygen atoms in total. The van der Waals surface area contributed by atoms with Gasteiger partial charge in [0.25, 0.3) is 0 Å². The van der Waals surface area contributed by atoms with Crippen LogP contribution in [-0.2, 0) is 10.0 Å². The van der Waals surface area contributed by atoms with Crippen LogP contribution < -0.4 is 20.5 Å². The number of nitrogens with one attached hydrogen (secondary N) is 2. The average molecular weight is 475 g/mol. The van der Waals surface area contributed by atoms with Crippen molar-refractivity contribution in [2.24, 2.45) is 0 Å². The van der Waals surface area contributed by atoms with Crippen LogP contribution in [0.4, 0.5) is 16.2 Å². The highest BCUT2D eigenvalue weighted by Crippen LogP contribution is 2.37. The summed E-state index contributed by atoms with van der Waals surface area (Å²) in [5.41, 5.74) is 7.85. The molecule has 1 aromatic carbocycles. The molecule has 0 radical (unpaired) electrons. The quantitative estimate of drug-likeness (QED) is 0.617. The molecule has 0 aliphatic carbocycles. The summed E-state index contributed by atoms with van der Waals surface area (Å²) in [7, 11) is -3.27. The number of rotatable bonds is 6. The number of para-hydroxylation sites is 2. The van der Waals surface area contributed by atoms with E-state index >= 15 is 0 Å². The molecule has 2 amide bonds. The van der Waals surface area contributed by atoms with Gasteiger partial charge in [0.05, 0.1) is 29.4 Å². The summed E-state index contributed by atoms with van der Waals surface area (Å²) in [5.74, 6) is 0.635. The summed E-state index contributed by atoms with van der Waals surface area (Å²) < 4.78 is 32.5. The van der Waals surface area contributed by atoms with E-state index in [0.29, 0.717) is 49.8 Å². The monoisotopic (exact) mass is 474 g/mol. The van der Waals surface area contributed by atoms with Crippen LogP contribution in [0.15, 0.2) is 42.6 Å². The number of carbonyl (C=O) groups is 1. The van der Waals surface area contributed by atoms with Crippen molar-refractivity contribution in [1.29, 1.82) is 0 Å². The van der Waals surface area contributed by atoms with Gasteiger partial charge < -0.3 is 4.74 Å². The molecule has 1 atom stereocenters. The topological polar surface area (TPSA) is 107 Å². The fourth-order valence-corrected chi connectivity index (χ4v) is 5.15. The number of ether oxygens (including phenoxy) is 1. The Kier molecular flexibility index (Phi) is 6.73. The van der Waals surface area contributed by atoms with Gasteiger partial charge in [-0.05, 0) is 45.0 Å². The number of anilines is 2. The van der Waals surface area contributed by atoms with E-state index in [0.717, 1.165) is 5.69 Å². The number of aromatic nitrogens is 1. The maximum Gasteiger partial charge on any atom is 0.343 e. The van der Waals surface area contributed by atoms with Crippen molar-refractivity contribution in [2.45, 2.75) is 32.2 Å². The summed E-state index contributed by atoms with van der Waals surface area (Å²) in [6.07, 6.45) is 1.11. The van der Waals surface area contributed by atoms with Crippen molar-refractivity contribution >= 4 is 27.4 Å². The molecule has 0 saturated carbocycles. The molecule has 2 aliphatic heterocycles. The van der Waals surface area contributed by atoms with Gasteiger partial charge in [0.15, 0.2) is 6.23 Å². The van der Waals surface area contributed by atoms with Crippen molar-refractivity contribution in [2.75, 3.05) is 43.0 Å². The molecule has 3 heterocycles. The largest absolute Gasteiger partial charge is 0.466 e. The number of carbonyl (C=O) groups excluding carboxylic acids is 1. The van der Waals surface area contributed by atoms with Crippen LogP contribution in [0, 0.1) is 6.92 Å². The molecule has 1 saturated heterocycles. The molecule has 2 aliphatic rings. The zero-order chi connectivity index (χ0) is 23.6. The Hall–Kier alpha value is -2.89. The van der Waals surface area contributed by atoms with Crippen molar-refractivity contribution in [3.05, 3.63) is 48.3 Å². The first-order chi connectivity index (χ1) is 15.8. The van der Waals surface area contributed by atoms with Gasteiger partial charge in [-0.15, -0.1) is 0 Å². The lowest BCUT2D eigenvalue weighted by molar-refractivity contribution is 0.118. The molecule has 1 aromatic heterocycles. The number of fused-ring (bicyclic) bond motifs is 1. The minimum absolute atomic E-state index is 0.355. The smallest absolute Gasteiger partial charge is 0.343 e.